The van der Waals surface area contributed by atoms with Crippen LogP contribution in [-0.2, 0) is 10.0 Å². The van der Waals surface area contributed by atoms with E-state index >= 15 is 0 Å². The smallest absolute Gasteiger partial charge is 0.251 e. The standard InChI is InChI=1S/C17H24N2O3S/c1-3-23(21,22)19(2)15-8-6-13(7-9-15)17(20)18-16-11-12-4-5-14(16)10-12/h6-9,12,14,16H,3-5,10-11H2,1-2H3,(H,18,20)/t12-,14-,16+/m0/s1. The first-order valence-electron chi connectivity index (χ1n) is 8.28. The van der Waals surface area contributed by atoms with Crippen molar-refractivity contribution in [1.82, 2.24) is 5.32 Å². The van der Waals surface area contributed by atoms with Crippen molar-refractivity contribution in [2.45, 2.75) is 38.6 Å². The van der Waals surface area contributed by atoms with Crippen LogP contribution < -0.4 is 9.62 Å². The van der Waals surface area contributed by atoms with E-state index in [-0.39, 0.29) is 11.7 Å². The van der Waals surface area contributed by atoms with E-state index in [1.54, 1.807) is 31.2 Å². The predicted molar refractivity (Wildman–Crippen MR) is 91.0 cm³/mol. The molecule has 23 heavy (non-hydrogen) atoms. The third-order valence-electron chi connectivity index (χ3n) is 5.33. The third-order valence-corrected chi connectivity index (χ3v) is 7.10. The normalized spacial score (nSPS) is 26.3. The second-order valence-corrected chi connectivity index (χ2v) is 8.96. The van der Waals surface area contributed by atoms with Crippen molar-refractivity contribution in [2.75, 3.05) is 17.1 Å². The fourth-order valence-electron chi connectivity index (χ4n) is 3.85. The number of anilines is 1. The fourth-order valence-corrected chi connectivity index (χ4v) is 4.68. The third kappa shape index (κ3) is 3.22. The molecule has 2 saturated carbocycles. The molecule has 5 nitrogen and oxygen atoms in total. The van der Waals surface area contributed by atoms with E-state index in [0.29, 0.717) is 23.2 Å². The molecule has 0 unspecified atom stereocenters. The highest BCUT2D eigenvalue weighted by atomic mass is 32.2. The molecule has 0 spiro atoms. The van der Waals surface area contributed by atoms with E-state index in [9.17, 15) is 13.2 Å². The Bertz CT molecular complexity index is 684. The maximum Gasteiger partial charge on any atom is 0.251 e. The van der Waals surface area contributed by atoms with E-state index in [0.717, 1.165) is 12.3 Å². The second kappa shape index (κ2) is 6.15. The number of benzene rings is 1. The predicted octanol–water partition coefficient (Wildman–Crippen LogP) is 2.39. The lowest BCUT2D eigenvalue weighted by Crippen LogP contribution is -2.38. The molecule has 2 aliphatic carbocycles. The van der Waals surface area contributed by atoms with E-state index in [4.69, 9.17) is 0 Å². The first-order valence-corrected chi connectivity index (χ1v) is 9.89. The van der Waals surface area contributed by atoms with Crippen molar-refractivity contribution in [2.24, 2.45) is 11.8 Å². The van der Waals surface area contributed by atoms with Crippen LogP contribution in [0.25, 0.3) is 0 Å². The van der Waals surface area contributed by atoms with Crippen LogP contribution in [0, 0.1) is 11.8 Å². The van der Waals surface area contributed by atoms with Gasteiger partial charge in [-0.2, -0.15) is 0 Å². The summed E-state index contributed by atoms with van der Waals surface area (Å²) in [4.78, 5) is 12.4. The summed E-state index contributed by atoms with van der Waals surface area (Å²) in [6, 6.07) is 7.06. The minimum Gasteiger partial charge on any atom is -0.349 e. The number of amides is 1. The molecule has 1 aromatic rings. The van der Waals surface area contributed by atoms with Gasteiger partial charge in [0.15, 0.2) is 0 Å². The van der Waals surface area contributed by atoms with Crippen molar-refractivity contribution in [3.8, 4) is 0 Å². The topological polar surface area (TPSA) is 66.5 Å². The Morgan fingerprint density at radius 2 is 1.91 bits per heavy atom. The quantitative estimate of drug-likeness (QED) is 0.898. The Kier molecular flexibility index (Phi) is 4.36. The molecule has 0 heterocycles. The number of nitrogens with one attached hydrogen (secondary N) is 1. The van der Waals surface area contributed by atoms with Crippen LogP contribution in [0.2, 0.25) is 0 Å². The molecule has 126 valence electrons. The summed E-state index contributed by atoms with van der Waals surface area (Å²) in [6.07, 6.45) is 4.90. The van der Waals surface area contributed by atoms with E-state index < -0.39 is 10.0 Å². The zero-order chi connectivity index (χ0) is 16.6. The number of carbonyl (C=O) groups excluding carboxylic acids is 1. The lowest BCUT2D eigenvalue weighted by molar-refractivity contribution is 0.0923. The van der Waals surface area contributed by atoms with Gasteiger partial charge >= 0.3 is 0 Å². The average molecular weight is 336 g/mol. The van der Waals surface area contributed by atoms with Crippen molar-refractivity contribution < 1.29 is 13.2 Å². The van der Waals surface area contributed by atoms with Crippen LogP contribution >= 0.6 is 0 Å². The van der Waals surface area contributed by atoms with Crippen LogP contribution in [0.3, 0.4) is 0 Å². The van der Waals surface area contributed by atoms with Crippen LogP contribution in [-0.4, -0.2) is 33.2 Å². The van der Waals surface area contributed by atoms with Crippen molar-refractivity contribution in [3.63, 3.8) is 0 Å². The fraction of sp³-hybridized carbons (Fsp3) is 0.588. The Morgan fingerprint density at radius 3 is 2.43 bits per heavy atom. The van der Waals surface area contributed by atoms with Gasteiger partial charge in [-0.1, -0.05) is 6.42 Å². The first kappa shape index (κ1) is 16.3. The summed E-state index contributed by atoms with van der Waals surface area (Å²) in [6.45, 7) is 1.61. The van der Waals surface area contributed by atoms with Crippen LogP contribution in [0.15, 0.2) is 24.3 Å². The number of nitrogens with zero attached hydrogens (tertiary/aromatic N) is 1. The molecule has 0 aromatic heterocycles. The molecular formula is C17H24N2O3S. The highest BCUT2D eigenvalue weighted by molar-refractivity contribution is 7.92. The second-order valence-electron chi connectivity index (χ2n) is 6.67. The molecule has 2 bridgehead atoms. The zero-order valence-electron chi connectivity index (χ0n) is 13.7. The molecule has 6 heteroatoms. The largest absolute Gasteiger partial charge is 0.349 e. The Hall–Kier alpha value is -1.56. The molecule has 3 rings (SSSR count). The maximum absolute atomic E-state index is 12.4. The molecule has 2 fully saturated rings. The zero-order valence-corrected chi connectivity index (χ0v) is 14.5. The van der Waals surface area contributed by atoms with Gasteiger partial charge in [0.1, 0.15) is 0 Å². The summed E-state index contributed by atoms with van der Waals surface area (Å²) in [5, 5.41) is 3.15. The molecule has 3 atom stereocenters. The van der Waals surface area contributed by atoms with E-state index in [1.807, 2.05) is 0 Å². The number of rotatable bonds is 5. The number of fused-ring (bicyclic) bond motifs is 2. The van der Waals surface area contributed by atoms with Crippen LogP contribution in [0.5, 0.6) is 0 Å². The van der Waals surface area contributed by atoms with Crippen molar-refractivity contribution in [3.05, 3.63) is 29.8 Å². The van der Waals surface area contributed by atoms with Crippen LogP contribution in [0.4, 0.5) is 5.69 Å². The number of hydrogen-bond acceptors (Lipinski definition) is 3. The van der Waals surface area contributed by atoms with E-state index in [2.05, 4.69) is 5.32 Å². The van der Waals surface area contributed by atoms with Gasteiger partial charge in [0, 0.05) is 18.7 Å². The average Bonchev–Trinajstić information content (AvgIpc) is 3.17. The minimum absolute atomic E-state index is 0.0516. The minimum atomic E-state index is -3.28. The molecule has 0 radical (unpaired) electrons. The summed E-state index contributed by atoms with van der Waals surface area (Å²) in [5.41, 5.74) is 1.15. The van der Waals surface area contributed by atoms with Crippen LogP contribution in [0.1, 0.15) is 43.0 Å². The molecule has 0 aliphatic heterocycles. The highest BCUT2D eigenvalue weighted by Gasteiger charge is 2.40. The molecule has 1 aromatic carbocycles. The summed E-state index contributed by atoms with van der Waals surface area (Å²) in [7, 11) is -1.75. The number of sulfonamides is 1. The van der Waals surface area contributed by atoms with Gasteiger partial charge in [-0.05, 0) is 62.3 Å². The molecule has 1 N–H and O–H groups in total. The summed E-state index contributed by atoms with van der Waals surface area (Å²) < 4.78 is 25.0. The SMILES string of the molecule is CCS(=O)(=O)N(C)c1ccc(C(=O)N[C@@H]2C[C@H]3CC[C@H]2C3)cc1. The maximum atomic E-state index is 12.4. The first-order chi connectivity index (χ1) is 10.9. The van der Waals surface area contributed by atoms with Gasteiger partial charge in [0.05, 0.1) is 11.4 Å². The molecular weight excluding hydrogens is 312 g/mol. The van der Waals surface area contributed by atoms with E-state index in [1.165, 1.54) is 30.6 Å². The summed E-state index contributed by atoms with van der Waals surface area (Å²) >= 11 is 0. The van der Waals surface area contributed by atoms with Gasteiger partial charge in [-0.25, -0.2) is 8.42 Å². The lowest BCUT2D eigenvalue weighted by Gasteiger charge is -2.23. The summed E-state index contributed by atoms with van der Waals surface area (Å²) in [5.74, 6) is 1.43. The number of carbonyl (C=O) groups is 1. The van der Waals surface area contributed by atoms with Gasteiger partial charge in [0.25, 0.3) is 5.91 Å². The Balaban J connectivity index is 1.66. The van der Waals surface area contributed by atoms with Crippen molar-refractivity contribution in [1.29, 1.82) is 0 Å². The monoisotopic (exact) mass is 336 g/mol. The van der Waals surface area contributed by atoms with Gasteiger partial charge in [-0.15, -0.1) is 0 Å². The van der Waals surface area contributed by atoms with Gasteiger partial charge < -0.3 is 5.32 Å². The Morgan fingerprint density at radius 1 is 1.22 bits per heavy atom. The van der Waals surface area contributed by atoms with Gasteiger partial charge in [-0.3, -0.25) is 9.10 Å². The number of hydrogen-bond donors (Lipinski definition) is 1. The molecule has 2 aliphatic rings. The molecule has 1 amide bonds. The lowest BCUT2D eigenvalue weighted by atomic mass is 9.95. The van der Waals surface area contributed by atoms with Crippen molar-refractivity contribution >= 4 is 21.6 Å². The highest BCUT2D eigenvalue weighted by Crippen LogP contribution is 2.44. The molecule has 0 saturated heterocycles. The van der Waals surface area contributed by atoms with Gasteiger partial charge in [0.2, 0.25) is 10.0 Å². The Labute approximate surface area is 138 Å².